The smallest absolute Gasteiger partial charge is 0.0598 e. The van der Waals surface area contributed by atoms with E-state index in [0.717, 1.165) is 19.8 Å². The van der Waals surface area contributed by atoms with Crippen LogP contribution in [0.1, 0.15) is 52.9 Å². The Morgan fingerprint density at radius 2 is 1.37 bits per heavy atom. The molecule has 0 amide bonds. The summed E-state index contributed by atoms with van der Waals surface area (Å²) in [5.41, 5.74) is -0.0986. The van der Waals surface area contributed by atoms with Gasteiger partial charge in [0.05, 0.1) is 25.4 Å². The molecule has 0 N–H and O–H groups in total. The minimum absolute atomic E-state index is 0.0111. The first-order valence-electron chi connectivity index (χ1n) is 7.55. The van der Waals surface area contributed by atoms with Crippen molar-refractivity contribution in [2.45, 2.75) is 58.5 Å². The van der Waals surface area contributed by atoms with E-state index in [1.807, 2.05) is 0 Å². The maximum Gasteiger partial charge on any atom is 0.0598 e. The molecule has 0 bridgehead atoms. The van der Waals surface area contributed by atoms with Gasteiger partial charge in [-0.25, -0.2) is 0 Å². The van der Waals surface area contributed by atoms with Crippen molar-refractivity contribution < 1.29 is 14.2 Å². The fourth-order valence-corrected chi connectivity index (χ4v) is 3.13. The van der Waals surface area contributed by atoms with Gasteiger partial charge >= 0.3 is 0 Å². The lowest BCUT2D eigenvalue weighted by Crippen LogP contribution is -2.46. The zero-order valence-electron chi connectivity index (χ0n) is 13.5. The van der Waals surface area contributed by atoms with Crippen molar-refractivity contribution >= 4 is 0 Å². The summed E-state index contributed by atoms with van der Waals surface area (Å²) in [6.45, 7) is 8.50. The van der Waals surface area contributed by atoms with Crippen molar-refractivity contribution in [3.63, 3.8) is 0 Å². The van der Waals surface area contributed by atoms with E-state index in [1.54, 1.807) is 14.2 Å². The minimum Gasteiger partial charge on any atom is -0.384 e. The van der Waals surface area contributed by atoms with Gasteiger partial charge in [-0.3, -0.25) is 0 Å². The summed E-state index contributed by atoms with van der Waals surface area (Å²) >= 11 is 0. The maximum absolute atomic E-state index is 6.09. The normalized spacial score (nSPS) is 18.8. The fourth-order valence-electron chi connectivity index (χ4n) is 3.13. The van der Waals surface area contributed by atoms with E-state index in [2.05, 4.69) is 20.8 Å². The van der Waals surface area contributed by atoms with Gasteiger partial charge < -0.3 is 14.2 Å². The van der Waals surface area contributed by atoms with Crippen LogP contribution in [0.4, 0.5) is 0 Å². The Bertz CT molecular complexity index is 233. The number of ether oxygens (including phenoxy) is 3. The molecule has 0 radical (unpaired) electrons. The summed E-state index contributed by atoms with van der Waals surface area (Å²) in [4.78, 5) is 0. The Hall–Kier alpha value is -0.120. The lowest BCUT2D eigenvalue weighted by molar-refractivity contribution is -0.125. The van der Waals surface area contributed by atoms with Crippen LogP contribution in [0.2, 0.25) is 0 Å². The van der Waals surface area contributed by atoms with Gasteiger partial charge in [0.25, 0.3) is 0 Å². The van der Waals surface area contributed by atoms with Gasteiger partial charge in [-0.15, -0.1) is 0 Å². The quantitative estimate of drug-likeness (QED) is 0.708. The lowest BCUT2D eigenvalue weighted by atomic mass is 9.69. The van der Waals surface area contributed by atoms with Crippen molar-refractivity contribution in [1.29, 1.82) is 0 Å². The van der Waals surface area contributed by atoms with Crippen LogP contribution in [0.25, 0.3) is 0 Å². The molecule has 0 unspecified atom stereocenters. The van der Waals surface area contributed by atoms with E-state index >= 15 is 0 Å². The molecule has 1 aliphatic carbocycles. The third-order valence-electron chi connectivity index (χ3n) is 4.13. The van der Waals surface area contributed by atoms with Gasteiger partial charge in [0.2, 0.25) is 0 Å². The second-order valence-electron chi connectivity index (χ2n) is 6.96. The van der Waals surface area contributed by atoms with E-state index in [-0.39, 0.29) is 11.0 Å². The third kappa shape index (κ3) is 5.41. The van der Waals surface area contributed by atoms with Crippen molar-refractivity contribution in [3.8, 4) is 0 Å². The molecule has 1 saturated carbocycles. The summed E-state index contributed by atoms with van der Waals surface area (Å²) in [7, 11) is 3.56. The van der Waals surface area contributed by atoms with Gasteiger partial charge in [-0.2, -0.15) is 0 Å². The van der Waals surface area contributed by atoms with Crippen LogP contribution in [0.15, 0.2) is 0 Å². The van der Waals surface area contributed by atoms with Crippen LogP contribution < -0.4 is 0 Å². The highest BCUT2D eigenvalue weighted by molar-refractivity contribution is 4.89. The number of hydrogen-bond acceptors (Lipinski definition) is 3. The van der Waals surface area contributed by atoms with Crippen molar-refractivity contribution in [2.24, 2.45) is 11.3 Å². The van der Waals surface area contributed by atoms with Crippen LogP contribution in [-0.2, 0) is 14.2 Å². The first-order chi connectivity index (χ1) is 8.93. The molecular formula is C16H32O3. The van der Waals surface area contributed by atoms with Gasteiger partial charge in [0.1, 0.15) is 0 Å². The predicted molar refractivity (Wildman–Crippen MR) is 78.5 cm³/mol. The molecule has 0 spiro atoms. The topological polar surface area (TPSA) is 27.7 Å². The van der Waals surface area contributed by atoms with Crippen molar-refractivity contribution in [2.75, 3.05) is 34.0 Å². The molecule has 0 aliphatic heterocycles. The molecule has 0 aromatic carbocycles. The molecule has 1 aliphatic rings. The Kier molecular flexibility index (Phi) is 6.78. The van der Waals surface area contributed by atoms with Gasteiger partial charge in [0, 0.05) is 19.6 Å². The van der Waals surface area contributed by atoms with Crippen LogP contribution in [-0.4, -0.2) is 39.6 Å². The Morgan fingerprint density at radius 3 is 1.79 bits per heavy atom. The Balaban J connectivity index is 2.78. The molecular weight excluding hydrogens is 240 g/mol. The van der Waals surface area contributed by atoms with Gasteiger partial charge in [-0.1, -0.05) is 19.3 Å². The highest BCUT2D eigenvalue weighted by atomic mass is 16.5. The Labute approximate surface area is 119 Å². The average molecular weight is 272 g/mol. The molecule has 114 valence electrons. The van der Waals surface area contributed by atoms with E-state index in [0.29, 0.717) is 5.92 Å². The van der Waals surface area contributed by atoms with Crippen molar-refractivity contribution in [3.05, 3.63) is 0 Å². The molecule has 0 heterocycles. The highest BCUT2D eigenvalue weighted by Gasteiger charge is 2.40. The molecule has 0 saturated heterocycles. The summed E-state index contributed by atoms with van der Waals surface area (Å²) in [5, 5.41) is 0. The highest BCUT2D eigenvalue weighted by Crippen LogP contribution is 2.40. The van der Waals surface area contributed by atoms with Gasteiger partial charge in [-0.05, 0) is 39.5 Å². The zero-order valence-corrected chi connectivity index (χ0v) is 13.5. The standard InChI is InChI=1S/C16H32O3/c1-15(2,3)19-13-16(11-17-4,12-18-5)14-9-7-6-8-10-14/h14H,6-13H2,1-5H3. The zero-order chi connectivity index (χ0) is 14.4. The SMILES string of the molecule is COCC(COC)(COC(C)(C)C)C1CCCCC1. The Morgan fingerprint density at radius 1 is 0.842 bits per heavy atom. The molecule has 0 atom stereocenters. The average Bonchev–Trinajstić information content (AvgIpc) is 2.37. The number of hydrogen-bond donors (Lipinski definition) is 0. The largest absolute Gasteiger partial charge is 0.384 e. The summed E-state index contributed by atoms with van der Waals surface area (Å²) < 4.78 is 17.1. The molecule has 19 heavy (non-hydrogen) atoms. The molecule has 3 heteroatoms. The summed E-state index contributed by atoms with van der Waals surface area (Å²) in [5.74, 6) is 0.656. The molecule has 1 rings (SSSR count). The molecule has 3 nitrogen and oxygen atoms in total. The maximum atomic E-state index is 6.09. The fraction of sp³-hybridized carbons (Fsp3) is 1.00. The van der Waals surface area contributed by atoms with Crippen LogP contribution >= 0.6 is 0 Å². The molecule has 1 fully saturated rings. The molecule has 0 aromatic heterocycles. The van der Waals surface area contributed by atoms with Crippen LogP contribution in [0.3, 0.4) is 0 Å². The number of rotatable bonds is 7. The van der Waals surface area contributed by atoms with Crippen LogP contribution in [0.5, 0.6) is 0 Å². The predicted octanol–water partition coefficient (Wildman–Crippen LogP) is 3.66. The number of methoxy groups -OCH3 is 2. The van der Waals surface area contributed by atoms with E-state index in [4.69, 9.17) is 14.2 Å². The lowest BCUT2D eigenvalue weighted by Gasteiger charge is -2.43. The van der Waals surface area contributed by atoms with Gasteiger partial charge in [0.15, 0.2) is 0 Å². The van der Waals surface area contributed by atoms with E-state index in [9.17, 15) is 0 Å². The monoisotopic (exact) mass is 272 g/mol. The molecule has 0 aromatic rings. The van der Waals surface area contributed by atoms with Crippen molar-refractivity contribution in [1.82, 2.24) is 0 Å². The first-order valence-corrected chi connectivity index (χ1v) is 7.55. The minimum atomic E-state index is -0.110. The first kappa shape index (κ1) is 16.9. The third-order valence-corrected chi connectivity index (χ3v) is 4.13. The second-order valence-corrected chi connectivity index (χ2v) is 6.96. The van der Waals surface area contributed by atoms with Crippen LogP contribution in [0, 0.1) is 11.3 Å². The summed E-state index contributed by atoms with van der Waals surface area (Å²) in [6.07, 6.45) is 6.58. The van der Waals surface area contributed by atoms with E-state index < -0.39 is 0 Å². The van der Waals surface area contributed by atoms with E-state index in [1.165, 1.54) is 32.1 Å². The second kappa shape index (κ2) is 7.61. The summed E-state index contributed by atoms with van der Waals surface area (Å²) in [6, 6.07) is 0.